The minimum Gasteiger partial charge on any atom is -0.491 e. The Bertz CT molecular complexity index is 853. The summed E-state index contributed by atoms with van der Waals surface area (Å²) in [4.78, 5) is 10.1. The molecule has 0 bridgehead atoms. The van der Waals surface area contributed by atoms with Gasteiger partial charge in [0, 0.05) is 12.1 Å². The lowest BCUT2D eigenvalue weighted by Crippen LogP contribution is -2.13. The first-order chi connectivity index (χ1) is 11.8. The van der Waals surface area contributed by atoms with Crippen LogP contribution in [-0.4, -0.2) is 26.1 Å². The van der Waals surface area contributed by atoms with E-state index in [9.17, 15) is 22.0 Å². The predicted molar refractivity (Wildman–Crippen MR) is 86.0 cm³/mol. The third-order valence-electron chi connectivity index (χ3n) is 3.10. The van der Waals surface area contributed by atoms with Crippen LogP contribution in [0.2, 0.25) is 0 Å². The number of carboxylic acids is 1. The number of hydrogen-bond acceptors (Lipinski definition) is 4. The van der Waals surface area contributed by atoms with Crippen molar-refractivity contribution >= 4 is 21.7 Å². The number of anilines is 1. The van der Waals surface area contributed by atoms with Gasteiger partial charge in [0.15, 0.2) is 11.6 Å². The third kappa shape index (κ3) is 5.42. The lowest BCUT2D eigenvalue weighted by Gasteiger charge is -2.10. The fraction of sp³-hybridized carbons (Fsp3) is 0.188. The summed E-state index contributed by atoms with van der Waals surface area (Å²) in [6, 6.07) is 7.75. The van der Waals surface area contributed by atoms with Gasteiger partial charge in [-0.2, -0.15) is 0 Å². The molecule has 9 heteroatoms. The molecule has 6 nitrogen and oxygen atoms in total. The molecular formula is C16H15F2NO5S. The van der Waals surface area contributed by atoms with E-state index in [2.05, 4.69) is 4.72 Å². The second-order valence-electron chi connectivity index (χ2n) is 5.05. The molecule has 25 heavy (non-hydrogen) atoms. The number of carboxylic acid groups (broad SMARTS) is 1. The molecule has 0 spiro atoms. The molecule has 0 aromatic heterocycles. The molecule has 0 aliphatic carbocycles. The molecule has 0 atom stereocenters. The Morgan fingerprint density at radius 3 is 2.40 bits per heavy atom. The van der Waals surface area contributed by atoms with Gasteiger partial charge >= 0.3 is 5.97 Å². The first-order valence-electron chi connectivity index (χ1n) is 7.20. The Balaban J connectivity index is 2.07. The SMILES string of the molecule is O=C(O)CCCOc1ccc(S(=O)(=O)Nc2ccc(F)cc2)cc1F. The highest BCUT2D eigenvalue weighted by molar-refractivity contribution is 7.92. The van der Waals surface area contributed by atoms with Crippen LogP contribution < -0.4 is 9.46 Å². The van der Waals surface area contributed by atoms with Gasteiger partial charge in [0.05, 0.1) is 11.5 Å². The number of nitrogens with one attached hydrogen (secondary N) is 1. The number of hydrogen-bond donors (Lipinski definition) is 2. The van der Waals surface area contributed by atoms with Crippen molar-refractivity contribution in [3.8, 4) is 5.75 Å². The van der Waals surface area contributed by atoms with Gasteiger partial charge in [-0.1, -0.05) is 0 Å². The normalized spacial score (nSPS) is 11.1. The summed E-state index contributed by atoms with van der Waals surface area (Å²) in [7, 11) is -4.05. The number of rotatable bonds is 8. The van der Waals surface area contributed by atoms with Crippen LogP contribution in [0.5, 0.6) is 5.75 Å². The van der Waals surface area contributed by atoms with Gasteiger partial charge in [0.2, 0.25) is 0 Å². The number of ether oxygens (including phenoxy) is 1. The van der Waals surface area contributed by atoms with Crippen LogP contribution in [0.1, 0.15) is 12.8 Å². The highest BCUT2D eigenvalue weighted by Crippen LogP contribution is 2.23. The molecule has 0 unspecified atom stereocenters. The van der Waals surface area contributed by atoms with Crippen LogP contribution in [0.4, 0.5) is 14.5 Å². The van der Waals surface area contributed by atoms with Crippen LogP contribution >= 0.6 is 0 Å². The first kappa shape index (κ1) is 18.7. The number of halogens is 2. The van der Waals surface area contributed by atoms with E-state index in [0.29, 0.717) is 0 Å². The number of aliphatic carboxylic acids is 1. The van der Waals surface area contributed by atoms with E-state index in [1.165, 1.54) is 12.1 Å². The molecule has 0 saturated carbocycles. The van der Waals surface area contributed by atoms with Gasteiger partial charge in [-0.05, 0) is 48.9 Å². The number of benzene rings is 2. The molecule has 2 rings (SSSR count). The standard InChI is InChI=1S/C16H15F2NO5S/c17-11-3-5-12(6-4-11)19-25(22,23)13-7-8-15(14(18)10-13)24-9-1-2-16(20)21/h3-8,10,19H,1-2,9H2,(H,20,21). The van der Waals surface area contributed by atoms with Crippen LogP contribution in [0.15, 0.2) is 47.4 Å². The van der Waals surface area contributed by atoms with Crippen LogP contribution in [-0.2, 0) is 14.8 Å². The molecule has 0 radical (unpaired) electrons. The fourth-order valence-electron chi connectivity index (χ4n) is 1.90. The summed E-state index contributed by atoms with van der Waals surface area (Å²) in [5.74, 6) is -2.57. The van der Waals surface area contributed by atoms with Crippen LogP contribution in [0, 0.1) is 11.6 Å². The Hall–Kier alpha value is -2.68. The average molecular weight is 371 g/mol. The van der Waals surface area contributed by atoms with E-state index in [4.69, 9.17) is 9.84 Å². The van der Waals surface area contributed by atoms with Crippen LogP contribution in [0.3, 0.4) is 0 Å². The minimum absolute atomic E-state index is 0.0108. The lowest BCUT2D eigenvalue weighted by molar-refractivity contribution is -0.137. The summed E-state index contributed by atoms with van der Waals surface area (Å²) >= 11 is 0. The molecule has 0 saturated heterocycles. The largest absolute Gasteiger partial charge is 0.491 e. The molecule has 2 aromatic carbocycles. The summed E-state index contributed by atoms with van der Waals surface area (Å²) < 4.78 is 58.5. The zero-order valence-corrected chi connectivity index (χ0v) is 13.7. The summed E-state index contributed by atoms with van der Waals surface area (Å²) in [6.45, 7) is -0.0108. The van der Waals surface area contributed by atoms with Gasteiger partial charge in [0.1, 0.15) is 5.82 Å². The number of sulfonamides is 1. The van der Waals surface area contributed by atoms with Gasteiger partial charge < -0.3 is 9.84 Å². The van der Waals surface area contributed by atoms with Crippen molar-refractivity contribution in [1.82, 2.24) is 0 Å². The quantitative estimate of drug-likeness (QED) is 0.696. The maximum absolute atomic E-state index is 14.0. The monoisotopic (exact) mass is 371 g/mol. The van der Waals surface area contributed by atoms with E-state index >= 15 is 0 Å². The van der Waals surface area contributed by atoms with Crippen molar-refractivity contribution in [2.45, 2.75) is 17.7 Å². The second kappa shape index (κ2) is 7.93. The van der Waals surface area contributed by atoms with E-state index in [-0.39, 0.29) is 35.8 Å². The topological polar surface area (TPSA) is 92.7 Å². The molecule has 134 valence electrons. The zero-order valence-electron chi connectivity index (χ0n) is 12.9. The average Bonchev–Trinajstić information content (AvgIpc) is 2.54. The zero-order chi connectivity index (χ0) is 18.4. The summed E-state index contributed by atoms with van der Waals surface area (Å²) in [6.07, 6.45) is 0.0800. The molecule has 0 aliphatic heterocycles. The van der Waals surface area contributed by atoms with E-state index in [1.54, 1.807) is 0 Å². The van der Waals surface area contributed by atoms with Crippen molar-refractivity contribution in [3.05, 3.63) is 54.1 Å². The van der Waals surface area contributed by atoms with Gasteiger partial charge in [-0.15, -0.1) is 0 Å². The van der Waals surface area contributed by atoms with E-state index in [1.807, 2.05) is 0 Å². The van der Waals surface area contributed by atoms with E-state index < -0.39 is 27.6 Å². The van der Waals surface area contributed by atoms with Crippen molar-refractivity contribution in [3.63, 3.8) is 0 Å². The van der Waals surface area contributed by atoms with Crippen molar-refractivity contribution in [1.29, 1.82) is 0 Å². The molecule has 0 fully saturated rings. The lowest BCUT2D eigenvalue weighted by atomic mass is 10.3. The molecule has 0 heterocycles. The maximum atomic E-state index is 14.0. The van der Waals surface area contributed by atoms with Crippen molar-refractivity contribution in [2.75, 3.05) is 11.3 Å². The van der Waals surface area contributed by atoms with Gasteiger partial charge in [-0.25, -0.2) is 17.2 Å². The fourth-order valence-corrected chi connectivity index (χ4v) is 2.97. The Kier molecular flexibility index (Phi) is 5.92. The van der Waals surface area contributed by atoms with Gasteiger partial charge in [0.25, 0.3) is 10.0 Å². The van der Waals surface area contributed by atoms with Crippen LogP contribution in [0.25, 0.3) is 0 Å². The Morgan fingerprint density at radius 1 is 1.12 bits per heavy atom. The molecular weight excluding hydrogens is 356 g/mol. The first-order valence-corrected chi connectivity index (χ1v) is 8.69. The highest BCUT2D eigenvalue weighted by Gasteiger charge is 2.17. The molecule has 0 aliphatic rings. The summed E-state index contributed by atoms with van der Waals surface area (Å²) in [5.41, 5.74) is 0.135. The van der Waals surface area contributed by atoms with Crippen molar-refractivity contribution < 1.29 is 31.8 Å². The predicted octanol–water partition coefficient (Wildman–Crippen LogP) is 3.01. The molecule has 2 aromatic rings. The Labute approximate surface area is 143 Å². The Morgan fingerprint density at radius 2 is 1.80 bits per heavy atom. The summed E-state index contributed by atoms with van der Waals surface area (Å²) in [5, 5.41) is 8.50. The van der Waals surface area contributed by atoms with Crippen molar-refractivity contribution in [2.24, 2.45) is 0 Å². The second-order valence-corrected chi connectivity index (χ2v) is 6.73. The maximum Gasteiger partial charge on any atom is 0.303 e. The minimum atomic E-state index is -4.05. The smallest absolute Gasteiger partial charge is 0.303 e. The molecule has 2 N–H and O–H groups in total. The van der Waals surface area contributed by atoms with E-state index in [0.717, 1.165) is 30.3 Å². The third-order valence-corrected chi connectivity index (χ3v) is 4.48. The number of carbonyl (C=O) groups is 1. The highest BCUT2D eigenvalue weighted by atomic mass is 32.2. The molecule has 0 amide bonds. The van der Waals surface area contributed by atoms with Gasteiger partial charge in [-0.3, -0.25) is 9.52 Å².